The number of aromatic nitrogens is 3. The second-order valence-corrected chi connectivity index (χ2v) is 8.88. The molecule has 2 heterocycles. The number of nitrogens with two attached hydrogens (primary N) is 1. The first-order valence-electron chi connectivity index (χ1n) is 11.8. The molecule has 1 unspecified atom stereocenters. The highest BCUT2D eigenvalue weighted by molar-refractivity contribution is 5.93. The molecule has 2 aromatic heterocycles. The molecule has 0 aliphatic heterocycles. The normalized spacial score (nSPS) is 15.2. The van der Waals surface area contributed by atoms with Crippen LogP contribution in [0, 0.1) is 5.92 Å². The zero-order valence-corrected chi connectivity index (χ0v) is 19.7. The van der Waals surface area contributed by atoms with E-state index in [0.29, 0.717) is 42.1 Å². The highest BCUT2D eigenvalue weighted by Gasteiger charge is 2.32. The standard InChI is InChI=1S/C27H24F3N5O2/c28-27(29,30)21-10-17(16-31)11-22(14-21)34-26(36)19-3-2-18-4-5-23(13-20(18)12-19)37-24-6-8-32-25(15-24)35-9-1-7-33-35/h1,4-11,13-15,19H,2-3,12,16,31H2,(H,34,36). The van der Waals surface area contributed by atoms with Gasteiger partial charge in [-0.2, -0.15) is 18.3 Å². The molecule has 3 N–H and O–H groups in total. The Morgan fingerprint density at radius 3 is 2.68 bits per heavy atom. The number of nitrogens with zero attached hydrogens (tertiary/aromatic N) is 3. The van der Waals surface area contributed by atoms with Crippen LogP contribution < -0.4 is 15.8 Å². The summed E-state index contributed by atoms with van der Waals surface area (Å²) in [4.78, 5) is 17.3. The second kappa shape index (κ2) is 10.1. The molecule has 0 saturated heterocycles. The first-order valence-corrected chi connectivity index (χ1v) is 11.8. The summed E-state index contributed by atoms with van der Waals surface area (Å²) >= 11 is 0. The molecule has 4 aromatic rings. The van der Waals surface area contributed by atoms with Crippen LogP contribution in [-0.4, -0.2) is 20.7 Å². The largest absolute Gasteiger partial charge is 0.457 e. The van der Waals surface area contributed by atoms with Crippen LogP contribution in [0.15, 0.2) is 73.2 Å². The lowest BCUT2D eigenvalue weighted by molar-refractivity contribution is -0.137. The van der Waals surface area contributed by atoms with Crippen molar-refractivity contribution in [2.45, 2.75) is 32.0 Å². The quantitative estimate of drug-likeness (QED) is 0.370. The van der Waals surface area contributed by atoms with Crippen LogP contribution in [0.4, 0.5) is 18.9 Å². The highest BCUT2D eigenvalue weighted by Crippen LogP contribution is 2.34. The smallest absolute Gasteiger partial charge is 0.416 e. The van der Waals surface area contributed by atoms with Gasteiger partial charge in [0.1, 0.15) is 11.5 Å². The first kappa shape index (κ1) is 24.5. The predicted molar refractivity (Wildman–Crippen MR) is 131 cm³/mol. The number of halogens is 3. The molecule has 1 aliphatic carbocycles. The number of rotatable bonds is 6. The molecule has 0 spiro atoms. The Labute approximate surface area is 211 Å². The molecule has 10 heteroatoms. The number of amides is 1. The molecule has 2 aromatic carbocycles. The number of nitrogens with one attached hydrogen (secondary N) is 1. The van der Waals surface area contributed by atoms with Gasteiger partial charge in [-0.05, 0) is 78.4 Å². The third-order valence-corrected chi connectivity index (χ3v) is 6.29. The number of anilines is 1. The zero-order chi connectivity index (χ0) is 26.0. The van der Waals surface area contributed by atoms with Crippen molar-refractivity contribution < 1.29 is 22.7 Å². The van der Waals surface area contributed by atoms with Crippen LogP contribution in [0.3, 0.4) is 0 Å². The van der Waals surface area contributed by atoms with Crippen molar-refractivity contribution in [3.05, 3.63) is 95.4 Å². The molecule has 5 rings (SSSR count). The van der Waals surface area contributed by atoms with Crippen LogP contribution in [-0.2, 0) is 30.4 Å². The summed E-state index contributed by atoms with van der Waals surface area (Å²) < 4.78 is 47.4. The van der Waals surface area contributed by atoms with Crippen molar-refractivity contribution >= 4 is 11.6 Å². The maximum Gasteiger partial charge on any atom is 0.416 e. The molecular weight excluding hydrogens is 483 g/mol. The van der Waals surface area contributed by atoms with E-state index in [-0.39, 0.29) is 24.1 Å². The SMILES string of the molecule is NCc1cc(NC(=O)C2CCc3ccc(Oc4ccnc(-n5cccn5)c4)cc3C2)cc(C(F)(F)F)c1. The Balaban J connectivity index is 1.30. The molecule has 1 amide bonds. The summed E-state index contributed by atoms with van der Waals surface area (Å²) in [6.07, 6.45) is 2.29. The minimum atomic E-state index is -4.53. The predicted octanol–water partition coefficient (Wildman–Crippen LogP) is 5.28. The van der Waals surface area contributed by atoms with E-state index in [1.165, 1.54) is 6.07 Å². The zero-order valence-electron chi connectivity index (χ0n) is 19.7. The van der Waals surface area contributed by atoms with Crippen molar-refractivity contribution in [3.8, 4) is 17.3 Å². The van der Waals surface area contributed by atoms with Gasteiger partial charge in [-0.25, -0.2) is 9.67 Å². The van der Waals surface area contributed by atoms with Gasteiger partial charge in [0.2, 0.25) is 5.91 Å². The molecule has 1 aliphatic rings. The maximum absolute atomic E-state index is 13.3. The van der Waals surface area contributed by atoms with Crippen LogP contribution in [0.1, 0.15) is 28.7 Å². The van der Waals surface area contributed by atoms with Gasteiger partial charge in [-0.3, -0.25) is 4.79 Å². The van der Waals surface area contributed by atoms with Crippen LogP contribution in [0.25, 0.3) is 5.82 Å². The number of fused-ring (bicyclic) bond motifs is 1. The second-order valence-electron chi connectivity index (χ2n) is 8.88. The van der Waals surface area contributed by atoms with Gasteiger partial charge in [-0.1, -0.05) is 6.07 Å². The van der Waals surface area contributed by atoms with Gasteiger partial charge in [0.15, 0.2) is 5.82 Å². The number of carbonyl (C=O) groups excluding carboxylic acids is 1. The number of aryl methyl sites for hydroxylation is 1. The van der Waals surface area contributed by atoms with Crippen molar-refractivity contribution in [1.82, 2.24) is 14.8 Å². The number of alkyl halides is 3. The molecule has 0 bridgehead atoms. The Morgan fingerprint density at radius 2 is 1.92 bits per heavy atom. The first-order chi connectivity index (χ1) is 17.8. The number of pyridine rings is 1. The van der Waals surface area contributed by atoms with Crippen LogP contribution >= 0.6 is 0 Å². The molecule has 190 valence electrons. The average molecular weight is 508 g/mol. The van der Waals surface area contributed by atoms with E-state index >= 15 is 0 Å². The van der Waals surface area contributed by atoms with Crippen LogP contribution in [0.2, 0.25) is 0 Å². The van der Waals surface area contributed by atoms with E-state index in [9.17, 15) is 18.0 Å². The Hall–Kier alpha value is -4.18. The Kier molecular flexibility index (Phi) is 6.66. The van der Waals surface area contributed by atoms with E-state index in [4.69, 9.17) is 10.5 Å². The van der Waals surface area contributed by atoms with Gasteiger partial charge < -0.3 is 15.8 Å². The lowest BCUT2D eigenvalue weighted by atomic mass is 9.83. The monoisotopic (exact) mass is 507 g/mol. The topological polar surface area (TPSA) is 95.1 Å². The fourth-order valence-electron chi connectivity index (χ4n) is 4.44. The fraction of sp³-hybridized carbons (Fsp3) is 0.222. The summed E-state index contributed by atoms with van der Waals surface area (Å²) in [5, 5.41) is 6.84. The third-order valence-electron chi connectivity index (χ3n) is 6.29. The van der Waals surface area contributed by atoms with E-state index in [0.717, 1.165) is 23.3 Å². The summed E-state index contributed by atoms with van der Waals surface area (Å²) in [7, 11) is 0. The summed E-state index contributed by atoms with van der Waals surface area (Å²) in [5.41, 5.74) is 7.20. The van der Waals surface area contributed by atoms with Gasteiger partial charge >= 0.3 is 6.18 Å². The van der Waals surface area contributed by atoms with Gasteiger partial charge in [-0.15, -0.1) is 0 Å². The highest BCUT2D eigenvalue weighted by atomic mass is 19.4. The number of benzene rings is 2. The van der Waals surface area contributed by atoms with Gasteiger partial charge in [0.05, 0.1) is 5.56 Å². The molecular formula is C27H24F3N5O2. The number of carbonyl (C=O) groups is 1. The minimum absolute atomic E-state index is 0.0622. The molecule has 0 fully saturated rings. The van der Waals surface area contributed by atoms with Gasteiger partial charge in [0.25, 0.3) is 0 Å². The number of ether oxygens (including phenoxy) is 1. The van der Waals surface area contributed by atoms with Crippen molar-refractivity contribution in [1.29, 1.82) is 0 Å². The minimum Gasteiger partial charge on any atom is -0.457 e. The molecule has 7 nitrogen and oxygen atoms in total. The van der Waals surface area contributed by atoms with E-state index < -0.39 is 11.7 Å². The molecule has 1 atom stereocenters. The van der Waals surface area contributed by atoms with Crippen LogP contribution in [0.5, 0.6) is 11.5 Å². The maximum atomic E-state index is 13.3. The average Bonchev–Trinajstić information content (AvgIpc) is 3.43. The molecule has 0 radical (unpaired) electrons. The van der Waals surface area contributed by atoms with Crippen molar-refractivity contribution in [3.63, 3.8) is 0 Å². The summed E-state index contributed by atoms with van der Waals surface area (Å²) in [5.74, 6) is 1.11. The van der Waals surface area contributed by atoms with Crippen molar-refractivity contribution in [2.75, 3.05) is 5.32 Å². The molecule has 0 saturated carbocycles. The lowest BCUT2D eigenvalue weighted by Crippen LogP contribution is -2.28. The number of hydrogen-bond donors (Lipinski definition) is 2. The Morgan fingerprint density at radius 1 is 1.08 bits per heavy atom. The molecule has 37 heavy (non-hydrogen) atoms. The van der Waals surface area contributed by atoms with Crippen molar-refractivity contribution in [2.24, 2.45) is 11.7 Å². The van der Waals surface area contributed by atoms with E-state index in [1.54, 1.807) is 41.5 Å². The third kappa shape index (κ3) is 5.64. The summed E-state index contributed by atoms with van der Waals surface area (Å²) in [6, 6.07) is 14.5. The van der Waals surface area contributed by atoms with E-state index in [1.807, 2.05) is 18.2 Å². The Bertz CT molecular complexity index is 1420. The fourth-order valence-corrected chi connectivity index (χ4v) is 4.44. The van der Waals surface area contributed by atoms with Gasteiger partial charge in [0, 0.05) is 42.8 Å². The number of hydrogen-bond acceptors (Lipinski definition) is 5. The van der Waals surface area contributed by atoms with E-state index in [2.05, 4.69) is 15.4 Å². The lowest BCUT2D eigenvalue weighted by Gasteiger charge is -2.25. The summed E-state index contributed by atoms with van der Waals surface area (Å²) in [6.45, 7) is -0.0622.